The van der Waals surface area contributed by atoms with Crippen molar-refractivity contribution in [3.05, 3.63) is 23.8 Å². The Balaban J connectivity index is 2.33. The Morgan fingerprint density at radius 1 is 1.33 bits per heavy atom. The lowest BCUT2D eigenvalue weighted by molar-refractivity contribution is 0.0527. The summed E-state index contributed by atoms with van der Waals surface area (Å²) in [5.41, 5.74) is 8.28. The lowest BCUT2D eigenvalue weighted by Crippen LogP contribution is -2.35. The maximum atomic E-state index is 12.0. The molecule has 0 aromatic heterocycles. The molecule has 1 aromatic rings. The third-order valence-electron chi connectivity index (χ3n) is 4.24. The molecule has 1 fully saturated rings. The Hall–Kier alpha value is -1.71. The standard InChI is InChI=1S/C17H26N2O2/c1-3-13-9-6-5-7-12-19(13)15-11-8-10-14(16(15)18)17(20)21-4-2/h8,10-11,13H,3-7,9,12,18H2,1-2H3. The lowest BCUT2D eigenvalue weighted by Gasteiger charge is -2.32. The minimum Gasteiger partial charge on any atom is -0.462 e. The van der Waals surface area contributed by atoms with Crippen molar-refractivity contribution in [3.8, 4) is 0 Å². The average Bonchev–Trinajstić information content (AvgIpc) is 2.72. The number of hydrogen-bond donors (Lipinski definition) is 1. The average molecular weight is 290 g/mol. The van der Waals surface area contributed by atoms with Gasteiger partial charge in [0.15, 0.2) is 0 Å². The quantitative estimate of drug-likeness (QED) is 0.680. The molecule has 1 aliphatic heterocycles. The monoisotopic (exact) mass is 290 g/mol. The Kier molecular flexibility index (Phi) is 5.48. The number of para-hydroxylation sites is 1. The molecule has 0 aliphatic carbocycles. The summed E-state index contributed by atoms with van der Waals surface area (Å²) in [5, 5.41) is 0. The summed E-state index contributed by atoms with van der Waals surface area (Å²) in [6, 6.07) is 6.17. The molecule has 0 bridgehead atoms. The lowest BCUT2D eigenvalue weighted by atomic mass is 10.1. The minimum atomic E-state index is -0.334. The number of nitrogens with two attached hydrogens (primary N) is 1. The molecule has 116 valence electrons. The Morgan fingerprint density at radius 2 is 2.14 bits per heavy atom. The molecule has 4 nitrogen and oxygen atoms in total. The first-order chi connectivity index (χ1) is 10.2. The molecule has 2 rings (SSSR count). The molecule has 2 N–H and O–H groups in total. The molecular weight excluding hydrogens is 264 g/mol. The van der Waals surface area contributed by atoms with Crippen LogP contribution in [0.15, 0.2) is 18.2 Å². The van der Waals surface area contributed by atoms with Gasteiger partial charge < -0.3 is 15.4 Å². The van der Waals surface area contributed by atoms with Gasteiger partial charge in [0, 0.05) is 12.6 Å². The number of carbonyl (C=O) groups excluding carboxylic acids is 1. The highest BCUT2D eigenvalue weighted by Crippen LogP contribution is 2.32. The van der Waals surface area contributed by atoms with Crippen molar-refractivity contribution in [2.75, 3.05) is 23.8 Å². The number of benzene rings is 1. The normalized spacial score (nSPS) is 19.1. The highest BCUT2D eigenvalue weighted by Gasteiger charge is 2.23. The molecule has 1 atom stereocenters. The van der Waals surface area contributed by atoms with Crippen molar-refractivity contribution >= 4 is 17.3 Å². The summed E-state index contributed by atoms with van der Waals surface area (Å²) in [5.74, 6) is -0.334. The summed E-state index contributed by atoms with van der Waals surface area (Å²) in [7, 11) is 0. The first-order valence-electron chi connectivity index (χ1n) is 8.01. The van der Waals surface area contributed by atoms with Crippen LogP contribution in [-0.4, -0.2) is 25.2 Å². The van der Waals surface area contributed by atoms with E-state index >= 15 is 0 Å². The van der Waals surface area contributed by atoms with Crippen molar-refractivity contribution in [2.24, 2.45) is 0 Å². The topological polar surface area (TPSA) is 55.6 Å². The molecule has 0 radical (unpaired) electrons. The van der Waals surface area contributed by atoms with Crippen LogP contribution in [0.25, 0.3) is 0 Å². The van der Waals surface area contributed by atoms with Gasteiger partial charge in [0.05, 0.1) is 23.5 Å². The zero-order chi connectivity index (χ0) is 15.2. The van der Waals surface area contributed by atoms with Crippen LogP contribution in [0.5, 0.6) is 0 Å². The number of ether oxygens (including phenoxy) is 1. The van der Waals surface area contributed by atoms with Gasteiger partial charge in [-0.25, -0.2) is 4.79 Å². The fourth-order valence-electron chi connectivity index (χ4n) is 3.11. The van der Waals surface area contributed by atoms with E-state index in [2.05, 4.69) is 11.8 Å². The molecule has 1 aliphatic rings. The number of rotatable bonds is 4. The maximum absolute atomic E-state index is 12.0. The molecule has 1 aromatic carbocycles. The zero-order valence-corrected chi connectivity index (χ0v) is 13.1. The van der Waals surface area contributed by atoms with Gasteiger partial charge in [-0.05, 0) is 38.3 Å². The van der Waals surface area contributed by atoms with E-state index in [0.29, 0.717) is 23.9 Å². The van der Waals surface area contributed by atoms with E-state index < -0.39 is 0 Å². The second-order valence-corrected chi connectivity index (χ2v) is 5.56. The SMILES string of the molecule is CCOC(=O)c1cccc(N2CCCCCC2CC)c1N. The van der Waals surface area contributed by atoms with Gasteiger partial charge in [0.1, 0.15) is 0 Å². The van der Waals surface area contributed by atoms with E-state index in [9.17, 15) is 4.79 Å². The largest absolute Gasteiger partial charge is 0.462 e. The summed E-state index contributed by atoms with van der Waals surface area (Å²) in [4.78, 5) is 14.4. The van der Waals surface area contributed by atoms with Crippen molar-refractivity contribution in [1.29, 1.82) is 0 Å². The number of anilines is 2. The maximum Gasteiger partial charge on any atom is 0.340 e. The molecule has 4 heteroatoms. The fraction of sp³-hybridized carbons (Fsp3) is 0.588. The van der Waals surface area contributed by atoms with Crippen molar-refractivity contribution in [3.63, 3.8) is 0 Å². The number of nitrogen functional groups attached to an aromatic ring is 1. The highest BCUT2D eigenvalue weighted by atomic mass is 16.5. The van der Waals surface area contributed by atoms with Crippen LogP contribution in [-0.2, 0) is 4.74 Å². The second kappa shape index (κ2) is 7.34. The third-order valence-corrected chi connectivity index (χ3v) is 4.24. The molecule has 1 unspecified atom stereocenters. The van der Waals surface area contributed by atoms with Gasteiger partial charge in [-0.15, -0.1) is 0 Å². The van der Waals surface area contributed by atoms with E-state index in [1.165, 1.54) is 25.7 Å². The van der Waals surface area contributed by atoms with Crippen molar-refractivity contribution < 1.29 is 9.53 Å². The number of esters is 1. The first kappa shape index (κ1) is 15.7. The molecule has 1 saturated heterocycles. The van der Waals surface area contributed by atoms with Crippen LogP contribution in [0.2, 0.25) is 0 Å². The van der Waals surface area contributed by atoms with Crippen molar-refractivity contribution in [1.82, 2.24) is 0 Å². The number of nitrogens with zero attached hydrogens (tertiary/aromatic N) is 1. The fourth-order valence-corrected chi connectivity index (χ4v) is 3.11. The van der Waals surface area contributed by atoms with Crippen LogP contribution in [0, 0.1) is 0 Å². The molecule has 0 amide bonds. The zero-order valence-electron chi connectivity index (χ0n) is 13.1. The molecule has 0 saturated carbocycles. The first-order valence-corrected chi connectivity index (χ1v) is 8.01. The number of carbonyl (C=O) groups is 1. The second-order valence-electron chi connectivity index (χ2n) is 5.56. The number of hydrogen-bond acceptors (Lipinski definition) is 4. The smallest absolute Gasteiger partial charge is 0.340 e. The van der Waals surface area contributed by atoms with Gasteiger partial charge in [-0.2, -0.15) is 0 Å². The van der Waals surface area contributed by atoms with Crippen LogP contribution in [0.4, 0.5) is 11.4 Å². The Morgan fingerprint density at radius 3 is 2.86 bits per heavy atom. The van der Waals surface area contributed by atoms with Crippen LogP contribution in [0.3, 0.4) is 0 Å². The molecule has 21 heavy (non-hydrogen) atoms. The van der Waals surface area contributed by atoms with E-state index in [1.807, 2.05) is 12.1 Å². The summed E-state index contributed by atoms with van der Waals surface area (Å²) in [6.07, 6.45) is 6.01. The Bertz CT molecular complexity index is 488. The van der Waals surface area contributed by atoms with Crippen LogP contribution >= 0.6 is 0 Å². The minimum absolute atomic E-state index is 0.334. The van der Waals surface area contributed by atoms with E-state index in [-0.39, 0.29) is 5.97 Å². The van der Waals surface area contributed by atoms with Crippen LogP contribution < -0.4 is 10.6 Å². The molecule has 0 spiro atoms. The Labute approximate surface area is 127 Å². The van der Waals surface area contributed by atoms with E-state index in [1.54, 1.807) is 13.0 Å². The highest BCUT2D eigenvalue weighted by molar-refractivity contribution is 5.98. The predicted octanol–water partition coefficient (Wildman–Crippen LogP) is 3.60. The van der Waals surface area contributed by atoms with Gasteiger partial charge in [-0.1, -0.05) is 25.8 Å². The molecular formula is C17H26N2O2. The van der Waals surface area contributed by atoms with Crippen molar-refractivity contribution in [2.45, 2.75) is 52.0 Å². The van der Waals surface area contributed by atoms with E-state index in [0.717, 1.165) is 18.7 Å². The summed E-state index contributed by atoms with van der Waals surface area (Å²) < 4.78 is 5.09. The van der Waals surface area contributed by atoms with Gasteiger partial charge in [0.2, 0.25) is 0 Å². The van der Waals surface area contributed by atoms with E-state index in [4.69, 9.17) is 10.5 Å². The summed E-state index contributed by atoms with van der Waals surface area (Å²) >= 11 is 0. The van der Waals surface area contributed by atoms with Gasteiger partial charge in [-0.3, -0.25) is 0 Å². The van der Waals surface area contributed by atoms with Crippen LogP contribution in [0.1, 0.15) is 56.3 Å². The van der Waals surface area contributed by atoms with Gasteiger partial charge >= 0.3 is 5.97 Å². The van der Waals surface area contributed by atoms with Gasteiger partial charge in [0.25, 0.3) is 0 Å². The predicted molar refractivity (Wildman–Crippen MR) is 86.7 cm³/mol. The summed E-state index contributed by atoms with van der Waals surface area (Å²) in [6.45, 7) is 5.40. The third kappa shape index (κ3) is 3.49. The molecule has 1 heterocycles.